The number of hydrogen-bond acceptors (Lipinski definition) is 5. The third kappa shape index (κ3) is 5.46. The van der Waals surface area contributed by atoms with Gasteiger partial charge in [0, 0.05) is 19.6 Å². The van der Waals surface area contributed by atoms with Crippen LogP contribution in [-0.2, 0) is 14.3 Å². The molecular formula is C13H24N2O4. The zero-order valence-corrected chi connectivity index (χ0v) is 12.4. The third-order valence-corrected chi connectivity index (χ3v) is 2.81. The summed E-state index contributed by atoms with van der Waals surface area (Å²) < 4.78 is 9.85. The first kappa shape index (κ1) is 15.8. The van der Waals surface area contributed by atoms with Crippen LogP contribution < -0.4 is 5.32 Å². The number of likely N-dealkylation sites (tertiary alicyclic amines) is 1. The van der Waals surface area contributed by atoms with E-state index in [0.717, 1.165) is 13.1 Å². The van der Waals surface area contributed by atoms with E-state index in [-0.39, 0.29) is 17.9 Å². The molecular weight excluding hydrogens is 248 g/mol. The van der Waals surface area contributed by atoms with Crippen molar-refractivity contribution in [3.63, 3.8) is 0 Å². The van der Waals surface area contributed by atoms with Crippen LogP contribution in [0.25, 0.3) is 0 Å². The lowest BCUT2D eigenvalue weighted by Crippen LogP contribution is -2.60. The van der Waals surface area contributed by atoms with Crippen molar-refractivity contribution in [2.75, 3.05) is 26.7 Å². The highest BCUT2D eigenvalue weighted by Gasteiger charge is 2.31. The quantitative estimate of drug-likeness (QED) is 0.773. The van der Waals surface area contributed by atoms with Crippen LogP contribution >= 0.6 is 0 Å². The number of carbonyl (C=O) groups excluding carboxylic acids is 2. The zero-order chi connectivity index (χ0) is 14.6. The third-order valence-electron chi connectivity index (χ3n) is 2.81. The van der Waals surface area contributed by atoms with Gasteiger partial charge in [0.2, 0.25) is 0 Å². The summed E-state index contributed by atoms with van der Waals surface area (Å²) in [5, 5.41) is 2.80. The molecule has 0 saturated carbocycles. The Bertz CT molecular complexity index is 332. The van der Waals surface area contributed by atoms with Crippen LogP contribution in [0.2, 0.25) is 0 Å². The van der Waals surface area contributed by atoms with Crippen molar-refractivity contribution in [1.82, 2.24) is 10.2 Å². The molecule has 0 radical (unpaired) electrons. The number of ether oxygens (including phenoxy) is 2. The average molecular weight is 272 g/mol. The maximum absolute atomic E-state index is 11.5. The maximum Gasteiger partial charge on any atom is 0.407 e. The molecule has 1 aliphatic rings. The van der Waals surface area contributed by atoms with Crippen LogP contribution in [0.5, 0.6) is 0 Å². The van der Waals surface area contributed by atoms with Crippen molar-refractivity contribution in [2.45, 2.75) is 39.3 Å². The first-order valence-electron chi connectivity index (χ1n) is 6.51. The molecule has 1 aliphatic heterocycles. The highest BCUT2D eigenvalue weighted by atomic mass is 16.6. The SMILES string of the molecule is COC(=O)[C@H](C)CN1CC(NC(=O)OC(C)(C)C)C1. The second-order valence-corrected chi connectivity index (χ2v) is 5.99. The molecule has 0 bridgehead atoms. The van der Waals surface area contributed by atoms with Gasteiger partial charge in [-0.05, 0) is 20.8 Å². The molecule has 0 aromatic rings. The van der Waals surface area contributed by atoms with Crippen LogP contribution in [0.15, 0.2) is 0 Å². The topological polar surface area (TPSA) is 67.9 Å². The van der Waals surface area contributed by atoms with Gasteiger partial charge >= 0.3 is 12.1 Å². The standard InChI is InChI=1S/C13H24N2O4/c1-9(11(16)18-5)6-15-7-10(8-15)14-12(17)19-13(2,3)4/h9-10H,6-8H2,1-5H3,(H,14,17)/t9-/m1/s1. The number of carbonyl (C=O) groups is 2. The van der Waals surface area contributed by atoms with Crippen molar-refractivity contribution in [2.24, 2.45) is 5.92 Å². The fourth-order valence-electron chi connectivity index (χ4n) is 1.95. The largest absolute Gasteiger partial charge is 0.469 e. The Morgan fingerprint density at radius 3 is 2.42 bits per heavy atom. The number of esters is 1. The van der Waals surface area contributed by atoms with Gasteiger partial charge in [-0.25, -0.2) is 4.79 Å². The number of amides is 1. The Balaban J connectivity index is 2.20. The zero-order valence-electron chi connectivity index (χ0n) is 12.4. The molecule has 1 N–H and O–H groups in total. The van der Waals surface area contributed by atoms with Gasteiger partial charge in [0.05, 0.1) is 19.1 Å². The molecule has 1 fully saturated rings. The smallest absolute Gasteiger partial charge is 0.407 e. The van der Waals surface area contributed by atoms with Gasteiger partial charge in [0.25, 0.3) is 0 Å². The molecule has 19 heavy (non-hydrogen) atoms. The lowest BCUT2D eigenvalue weighted by molar-refractivity contribution is -0.145. The summed E-state index contributed by atoms with van der Waals surface area (Å²) in [5.74, 6) is -0.351. The monoisotopic (exact) mass is 272 g/mol. The van der Waals surface area contributed by atoms with Gasteiger partial charge in [-0.15, -0.1) is 0 Å². The Morgan fingerprint density at radius 2 is 1.95 bits per heavy atom. The molecule has 0 aromatic carbocycles. The summed E-state index contributed by atoms with van der Waals surface area (Å²) >= 11 is 0. The van der Waals surface area contributed by atoms with Gasteiger partial charge in [-0.2, -0.15) is 0 Å². The van der Waals surface area contributed by atoms with Crippen molar-refractivity contribution >= 4 is 12.1 Å². The summed E-state index contributed by atoms with van der Waals surface area (Å²) in [4.78, 5) is 24.9. The fraction of sp³-hybridized carbons (Fsp3) is 0.846. The minimum Gasteiger partial charge on any atom is -0.469 e. The van der Waals surface area contributed by atoms with Crippen molar-refractivity contribution in [3.8, 4) is 0 Å². The predicted molar refractivity (Wildman–Crippen MR) is 70.8 cm³/mol. The van der Waals surface area contributed by atoms with E-state index >= 15 is 0 Å². The maximum atomic E-state index is 11.5. The average Bonchev–Trinajstić information content (AvgIpc) is 2.22. The van der Waals surface area contributed by atoms with Gasteiger partial charge in [0.1, 0.15) is 5.60 Å². The number of alkyl carbamates (subject to hydrolysis) is 1. The molecule has 6 heteroatoms. The number of hydrogen-bond donors (Lipinski definition) is 1. The van der Waals surface area contributed by atoms with E-state index in [0.29, 0.717) is 6.54 Å². The first-order chi connectivity index (χ1) is 8.71. The molecule has 110 valence electrons. The normalized spacial score (nSPS) is 18.4. The van der Waals surface area contributed by atoms with Crippen molar-refractivity contribution in [3.05, 3.63) is 0 Å². The minimum absolute atomic E-state index is 0.0969. The van der Waals surface area contributed by atoms with Crippen LogP contribution in [0.4, 0.5) is 4.79 Å². The molecule has 0 aromatic heterocycles. The van der Waals surface area contributed by atoms with Crippen molar-refractivity contribution in [1.29, 1.82) is 0 Å². The lowest BCUT2D eigenvalue weighted by Gasteiger charge is -2.40. The van der Waals surface area contributed by atoms with E-state index in [2.05, 4.69) is 15.0 Å². The molecule has 1 rings (SSSR count). The number of nitrogens with zero attached hydrogens (tertiary/aromatic N) is 1. The van der Waals surface area contributed by atoms with Crippen molar-refractivity contribution < 1.29 is 19.1 Å². The molecule has 0 aliphatic carbocycles. The Hall–Kier alpha value is -1.30. The van der Waals surface area contributed by atoms with E-state index in [4.69, 9.17) is 4.74 Å². The first-order valence-corrected chi connectivity index (χ1v) is 6.51. The Morgan fingerprint density at radius 1 is 1.37 bits per heavy atom. The summed E-state index contributed by atoms with van der Waals surface area (Å²) in [6.07, 6.45) is -0.391. The highest BCUT2D eigenvalue weighted by molar-refractivity contribution is 5.72. The predicted octanol–water partition coefficient (Wildman–Crippen LogP) is 1.00. The molecule has 0 spiro atoms. The van der Waals surface area contributed by atoms with E-state index in [1.54, 1.807) is 0 Å². The number of nitrogens with one attached hydrogen (secondary N) is 1. The summed E-state index contributed by atoms with van der Waals surface area (Å²) in [6.45, 7) is 9.45. The molecule has 1 saturated heterocycles. The molecule has 1 atom stereocenters. The number of rotatable bonds is 4. The van der Waals surface area contributed by atoms with Gasteiger partial charge in [-0.3, -0.25) is 9.69 Å². The van der Waals surface area contributed by atoms with Crippen LogP contribution in [0.3, 0.4) is 0 Å². The number of methoxy groups -OCH3 is 1. The van der Waals surface area contributed by atoms with Crippen LogP contribution in [0.1, 0.15) is 27.7 Å². The second kappa shape index (κ2) is 6.23. The van der Waals surface area contributed by atoms with E-state index in [1.165, 1.54) is 7.11 Å². The fourth-order valence-corrected chi connectivity index (χ4v) is 1.95. The van der Waals surface area contributed by atoms with Gasteiger partial charge in [-0.1, -0.05) is 6.92 Å². The summed E-state index contributed by atoms with van der Waals surface area (Å²) in [5.41, 5.74) is -0.479. The van der Waals surface area contributed by atoms with E-state index in [9.17, 15) is 9.59 Å². The lowest BCUT2D eigenvalue weighted by atomic mass is 10.1. The van der Waals surface area contributed by atoms with Gasteiger partial charge < -0.3 is 14.8 Å². The van der Waals surface area contributed by atoms with E-state index in [1.807, 2.05) is 27.7 Å². The van der Waals surface area contributed by atoms with Crippen LogP contribution in [-0.4, -0.2) is 55.3 Å². The summed E-state index contributed by atoms with van der Waals surface area (Å²) in [6, 6.07) is 0.0969. The second-order valence-electron chi connectivity index (χ2n) is 5.99. The highest BCUT2D eigenvalue weighted by Crippen LogP contribution is 2.13. The van der Waals surface area contributed by atoms with E-state index < -0.39 is 11.7 Å². The molecule has 6 nitrogen and oxygen atoms in total. The molecule has 1 amide bonds. The molecule has 0 unspecified atom stereocenters. The Kier molecular flexibility index (Phi) is 5.17. The summed E-state index contributed by atoms with van der Waals surface area (Å²) in [7, 11) is 1.39. The minimum atomic E-state index is -0.479. The Labute approximate surface area is 114 Å². The van der Waals surface area contributed by atoms with Gasteiger partial charge in [0.15, 0.2) is 0 Å². The molecule has 1 heterocycles. The van der Waals surface area contributed by atoms with Crippen LogP contribution in [0, 0.1) is 5.92 Å².